The van der Waals surface area contributed by atoms with Gasteiger partial charge in [-0.25, -0.2) is 0 Å². The van der Waals surface area contributed by atoms with E-state index in [0.29, 0.717) is 5.41 Å². The van der Waals surface area contributed by atoms with Crippen LogP contribution in [-0.4, -0.2) is 7.11 Å². The summed E-state index contributed by atoms with van der Waals surface area (Å²) in [4.78, 5) is 0. The third-order valence-corrected chi connectivity index (χ3v) is 3.66. The molecule has 1 aromatic carbocycles. The number of fused-ring (bicyclic) bond motifs is 1. The lowest BCUT2D eigenvalue weighted by molar-refractivity contribution is 0.382. The van der Waals surface area contributed by atoms with Crippen LogP contribution in [0.25, 0.3) is 0 Å². The highest BCUT2D eigenvalue weighted by atomic mass is 16.5. The summed E-state index contributed by atoms with van der Waals surface area (Å²) in [6.45, 7) is 4.61. The van der Waals surface area contributed by atoms with Gasteiger partial charge < -0.3 is 4.74 Å². The maximum atomic E-state index is 5.45. The maximum absolute atomic E-state index is 5.45. The van der Waals surface area contributed by atoms with Crippen LogP contribution in [0.4, 0.5) is 0 Å². The minimum Gasteiger partial charge on any atom is -0.496 e. The molecular formula is C13H18O. The second kappa shape index (κ2) is 3.30. The van der Waals surface area contributed by atoms with Crippen LogP contribution in [0.2, 0.25) is 0 Å². The van der Waals surface area contributed by atoms with Crippen LogP contribution in [0.5, 0.6) is 5.75 Å². The highest BCUT2D eigenvalue weighted by Crippen LogP contribution is 2.45. The molecule has 1 aliphatic rings. The zero-order valence-corrected chi connectivity index (χ0v) is 9.26. The lowest BCUT2D eigenvalue weighted by Crippen LogP contribution is -2.17. The van der Waals surface area contributed by atoms with E-state index in [0.717, 1.165) is 5.75 Å². The molecule has 14 heavy (non-hydrogen) atoms. The molecule has 76 valence electrons. The van der Waals surface area contributed by atoms with Gasteiger partial charge >= 0.3 is 0 Å². The monoisotopic (exact) mass is 190 g/mol. The molecule has 0 N–H and O–H groups in total. The predicted octanol–water partition coefficient (Wildman–Crippen LogP) is 3.31. The molecule has 0 aromatic heterocycles. The van der Waals surface area contributed by atoms with Gasteiger partial charge in [0.05, 0.1) is 7.11 Å². The number of aryl methyl sites for hydroxylation is 1. The second-order valence-corrected chi connectivity index (χ2v) is 4.41. The summed E-state index contributed by atoms with van der Waals surface area (Å²) in [5.74, 6) is 1.07. The standard InChI is InChI=1S/C13H18O/c1-4-13(2)9-8-10-6-5-7-11(14-3)12(10)13/h5-7H,4,8-9H2,1-3H3. The summed E-state index contributed by atoms with van der Waals surface area (Å²) in [5.41, 5.74) is 3.26. The van der Waals surface area contributed by atoms with Crippen LogP contribution in [0, 0.1) is 0 Å². The fourth-order valence-electron chi connectivity index (χ4n) is 2.53. The van der Waals surface area contributed by atoms with Crippen molar-refractivity contribution in [3.05, 3.63) is 29.3 Å². The molecule has 1 aromatic rings. The summed E-state index contributed by atoms with van der Waals surface area (Å²) >= 11 is 0. The third kappa shape index (κ3) is 1.23. The maximum Gasteiger partial charge on any atom is 0.122 e. The Labute approximate surface area is 86.1 Å². The Balaban J connectivity index is 2.56. The fraction of sp³-hybridized carbons (Fsp3) is 0.538. The van der Waals surface area contributed by atoms with Crippen molar-refractivity contribution in [3.8, 4) is 5.75 Å². The van der Waals surface area contributed by atoms with Gasteiger partial charge in [0.15, 0.2) is 0 Å². The van der Waals surface area contributed by atoms with Crippen LogP contribution in [0.1, 0.15) is 37.8 Å². The molecule has 1 unspecified atom stereocenters. The van der Waals surface area contributed by atoms with E-state index in [2.05, 4.69) is 32.0 Å². The Morgan fingerprint density at radius 2 is 2.21 bits per heavy atom. The molecule has 0 saturated carbocycles. The predicted molar refractivity (Wildman–Crippen MR) is 59.0 cm³/mol. The van der Waals surface area contributed by atoms with Gasteiger partial charge in [-0.05, 0) is 36.3 Å². The SMILES string of the molecule is CCC1(C)CCc2cccc(OC)c21. The molecule has 0 bridgehead atoms. The lowest BCUT2D eigenvalue weighted by Gasteiger charge is -2.25. The molecule has 0 heterocycles. The molecule has 0 saturated heterocycles. The number of methoxy groups -OCH3 is 1. The van der Waals surface area contributed by atoms with Crippen molar-refractivity contribution >= 4 is 0 Å². The summed E-state index contributed by atoms with van der Waals surface area (Å²) in [6, 6.07) is 6.41. The first-order valence-electron chi connectivity index (χ1n) is 5.37. The van der Waals surface area contributed by atoms with Gasteiger partial charge in [-0.3, -0.25) is 0 Å². The van der Waals surface area contributed by atoms with E-state index in [4.69, 9.17) is 4.74 Å². The highest BCUT2D eigenvalue weighted by Gasteiger charge is 2.35. The van der Waals surface area contributed by atoms with Gasteiger partial charge in [0.25, 0.3) is 0 Å². The van der Waals surface area contributed by atoms with Crippen molar-refractivity contribution in [3.63, 3.8) is 0 Å². The first-order chi connectivity index (χ1) is 6.71. The van der Waals surface area contributed by atoms with E-state index in [-0.39, 0.29) is 0 Å². The zero-order valence-electron chi connectivity index (χ0n) is 9.26. The normalized spacial score (nSPS) is 24.8. The topological polar surface area (TPSA) is 9.23 Å². The van der Waals surface area contributed by atoms with E-state index in [1.54, 1.807) is 7.11 Å². The Morgan fingerprint density at radius 3 is 2.86 bits per heavy atom. The van der Waals surface area contributed by atoms with E-state index >= 15 is 0 Å². The highest BCUT2D eigenvalue weighted by molar-refractivity contribution is 5.48. The molecule has 0 radical (unpaired) electrons. The molecule has 2 rings (SSSR count). The molecule has 0 amide bonds. The van der Waals surface area contributed by atoms with Crippen LogP contribution < -0.4 is 4.74 Å². The third-order valence-electron chi connectivity index (χ3n) is 3.66. The van der Waals surface area contributed by atoms with Crippen molar-refractivity contribution in [2.45, 2.75) is 38.5 Å². The van der Waals surface area contributed by atoms with Crippen molar-refractivity contribution in [1.29, 1.82) is 0 Å². The molecular weight excluding hydrogens is 172 g/mol. The van der Waals surface area contributed by atoms with Crippen LogP contribution in [0.3, 0.4) is 0 Å². The number of benzene rings is 1. The van der Waals surface area contributed by atoms with E-state index in [1.165, 1.54) is 30.4 Å². The minimum atomic E-state index is 0.335. The Morgan fingerprint density at radius 1 is 1.43 bits per heavy atom. The minimum absolute atomic E-state index is 0.335. The second-order valence-electron chi connectivity index (χ2n) is 4.41. The first kappa shape index (κ1) is 9.57. The Bertz CT molecular complexity index is 343. The molecule has 0 spiro atoms. The van der Waals surface area contributed by atoms with Crippen LogP contribution in [0.15, 0.2) is 18.2 Å². The average molecular weight is 190 g/mol. The Kier molecular flexibility index (Phi) is 2.26. The number of hydrogen-bond donors (Lipinski definition) is 0. The summed E-state index contributed by atoms with van der Waals surface area (Å²) in [6.07, 6.45) is 3.66. The van der Waals surface area contributed by atoms with E-state index in [9.17, 15) is 0 Å². The van der Waals surface area contributed by atoms with Gasteiger partial charge in [-0.15, -0.1) is 0 Å². The number of hydrogen-bond acceptors (Lipinski definition) is 1. The van der Waals surface area contributed by atoms with Gasteiger partial charge in [-0.1, -0.05) is 26.0 Å². The van der Waals surface area contributed by atoms with Crippen molar-refractivity contribution in [2.75, 3.05) is 7.11 Å². The van der Waals surface area contributed by atoms with E-state index < -0.39 is 0 Å². The first-order valence-corrected chi connectivity index (χ1v) is 5.37. The Hall–Kier alpha value is -0.980. The average Bonchev–Trinajstić information content (AvgIpc) is 2.58. The van der Waals surface area contributed by atoms with Gasteiger partial charge in [0.2, 0.25) is 0 Å². The fourth-order valence-corrected chi connectivity index (χ4v) is 2.53. The lowest BCUT2D eigenvalue weighted by atomic mass is 9.81. The van der Waals surface area contributed by atoms with E-state index in [1.807, 2.05) is 0 Å². The largest absolute Gasteiger partial charge is 0.496 e. The molecule has 1 aliphatic carbocycles. The van der Waals surface area contributed by atoms with Crippen molar-refractivity contribution in [1.82, 2.24) is 0 Å². The number of ether oxygens (including phenoxy) is 1. The number of rotatable bonds is 2. The van der Waals surface area contributed by atoms with Crippen LogP contribution >= 0.6 is 0 Å². The van der Waals surface area contributed by atoms with Crippen molar-refractivity contribution in [2.24, 2.45) is 0 Å². The molecule has 1 nitrogen and oxygen atoms in total. The van der Waals surface area contributed by atoms with Gasteiger partial charge in [0.1, 0.15) is 5.75 Å². The van der Waals surface area contributed by atoms with Crippen molar-refractivity contribution < 1.29 is 4.74 Å². The smallest absolute Gasteiger partial charge is 0.122 e. The molecule has 1 heteroatoms. The summed E-state index contributed by atoms with van der Waals surface area (Å²) < 4.78 is 5.45. The molecule has 0 aliphatic heterocycles. The molecule has 0 fully saturated rings. The van der Waals surface area contributed by atoms with Gasteiger partial charge in [0, 0.05) is 5.56 Å². The molecule has 1 atom stereocenters. The van der Waals surface area contributed by atoms with Gasteiger partial charge in [-0.2, -0.15) is 0 Å². The summed E-state index contributed by atoms with van der Waals surface area (Å²) in [5, 5.41) is 0. The zero-order chi connectivity index (χ0) is 10.2. The summed E-state index contributed by atoms with van der Waals surface area (Å²) in [7, 11) is 1.77. The quantitative estimate of drug-likeness (QED) is 0.695. The van der Waals surface area contributed by atoms with Crippen LogP contribution in [-0.2, 0) is 11.8 Å².